The van der Waals surface area contributed by atoms with E-state index < -0.39 is 0 Å². The van der Waals surface area contributed by atoms with Crippen molar-refractivity contribution in [2.45, 2.75) is 0 Å². The Balaban J connectivity index is 0.00000162. The molecule has 0 aromatic heterocycles. The summed E-state index contributed by atoms with van der Waals surface area (Å²) in [5.74, 6) is 0.267. The van der Waals surface area contributed by atoms with E-state index in [1.54, 1.807) is 42.5 Å². The molecule has 2 aromatic rings. The highest BCUT2D eigenvalue weighted by Gasteiger charge is 1.95. The Morgan fingerprint density at radius 3 is 1.67 bits per heavy atom. The van der Waals surface area contributed by atoms with Crippen LogP contribution in [-0.4, -0.2) is 20.8 Å². The zero-order chi connectivity index (χ0) is 12.3. The highest BCUT2D eigenvalue weighted by Crippen LogP contribution is 2.22. The molecular weight excluding hydrogens is 232 g/mol. The lowest BCUT2D eigenvalue weighted by atomic mass is 10.1. The summed E-state index contributed by atoms with van der Waals surface area (Å²) < 4.78 is 0. The van der Waals surface area contributed by atoms with Crippen LogP contribution in [0.3, 0.4) is 0 Å². The molecule has 0 heterocycles. The predicted molar refractivity (Wildman–Crippen MR) is 70.4 cm³/mol. The zero-order valence-electron chi connectivity index (χ0n) is 9.54. The van der Waals surface area contributed by atoms with E-state index in [4.69, 9.17) is 5.11 Å². The average molecular weight is 246 g/mol. The van der Waals surface area contributed by atoms with Crippen molar-refractivity contribution >= 4 is 12.2 Å². The molecule has 4 heteroatoms. The number of hydrogen-bond donors (Lipinski definition) is 3. The van der Waals surface area contributed by atoms with Gasteiger partial charge in [-0.1, -0.05) is 24.3 Å². The lowest BCUT2D eigenvalue weighted by molar-refractivity contribution is 0.450. The van der Waals surface area contributed by atoms with E-state index in [0.29, 0.717) is 5.56 Å². The quantitative estimate of drug-likeness (QED) is 0.709. The van der Waals surface area contributed by atoms with Gasteiger partial charge in [0.15, 0.2) is 0 Å². The van der Waals surface area contributed by atoms with Crippen LogP contribution in [0.2, 0.25) is 0 Å². The van der Waals surface area contributed by atoms with Gasteiger partial charge in [0.25, 0.3) is 0 Å². The number of aromatic hydroxyl groups is 3. The molecule has 2 rings (SSSR count). The molecule has 0 radical (unpaired) electrons. The van der Waals surface area contributed by atoms with E-state index in [-0.39, 0.29) is 22.7 Å². The van der Waals surface area contributed by atoms with Crippen LogP contribution in [-0.2, 0) is 0 Å². The average Bonchev–Trinajstić information content (AvgIpc) is 2.27. The zero-order valence-corrected chi connectivity index (χ0v) is 9.54. The largest absolute Gasteiger partial charge is 0.508 e. The molecule has 0 saturated heterocycles. The Morgan fingerprint density at radius 2 is 1.11 bits per heavy atom. The van der Waals surface area contributed by atoms with Gasteiger partial charge in [-0.05, 0) is 35.4 Å². The summed E-state index contributed by atoms with van der Waals surface area (Å²) in [7, 11) is 0. The first-order valence-corrected chi connectivity index (χ1v) is 5.13. The van der Waals surface area contributed by atoms with Gasteiger partial charge >= 0.3 is 0 Å². The molecule has 0 unspecified atom stereocenters. The van der Waals surface area contributed by atoms with Crippen molar-refractivity contribution < 1.29 is 20.8 Å². The number of hydrogen-bond acceptors (Lipinski definition) is 3. The van der Waals surface area contributed by atoms with Crippen LogP contribution in [0.25, 0.3) is 12.2 Å². The van der Waals surface area contributed by atoms with Gasteiger partial charge in [0.05, 0.1) is 0 Å². The number of rotatable bonds is 2. The second-order valence-corrected chi connectivity index (χ2v) is 3.71. The molecule has 0 aliphatic rings. The van der Waals surface area contributed by atoms with Gasteiger partial charge in [-0.25, -0.2) is 0 Å². The van der Waals surface area contributed by atoms with Gasteiger partial charge in [0.1, 0.15) is 17.2 Å². The third-order valence-electron chi connectivity index (χ3n) is 2.29. The maximum atomic E-state index is 9.30. The van der Waals surface area contributed by atoms with Crippen molar-refractivity contribution in [3.8, 4) is 17.2 Å². The van der Waals surface area contributed by atoms with Gasteiger partial charge in [-0.2, -0.15) is 0 Å². The number of phenolic OH excluding ortho intramolecular Hbond substituents is 3. The summed E-state index contributed by atoms with van der Waals surface area (Å²) in [6.07, 6.45) is 3.60. The Kier molecular flexibility index (Phi) is 4.34. The third-order valence-corrected chi connectivity index (χ3v) is 2.29. The molecule has 0 spiro atoms. The Morgan fingerprint density at radius 1 is 0.611 bits per heavy atom. The van der Waals surface area contributed by atoms with Crippen LogP contribution in [0.5, 0.6) is 17.2 Å². The standard InChI is InChI=1S/C14H12O3.H2O/c15-12-5-3-10(4-6-12)1-2-11-7-13(16)9-14(17)8-11;/h1-9,15-17H;1H2. The van der Waals surface area contributed by atoms with Crippen molar-refractivity contribution in [1.29, 1.82) is 0 Å². The second-order valence-electron chi connectivity index (χ2n) is 3.71. The highest BCUT2D eigenvalue weighted by atomic mass is 16.3. The summed E-state index contributed by atoms with van der Waals surface area (Å²) in [5, 5.41) is 27.7. The van der Waals surface area contributed by atoms with Crippen LogP contribution < -0.4 is 0 Å². The Hall–Kier alpha value is -2.46. The lowest BCUT2D eigenvalue weighted by Crippen LogP contribution is -1.74. The van der Waals surface area contributed by atoms with Gasteiger partial charge in [0, 0.05) is 6.07 Å². The molecule has 94 valence electrons. The molecule has 2 aromatic carbocycles. The van der Waals surface area contributed by atoms with Crippen molar-refractivity contribution in [3.05, 3.63) is 53.6 Å². The van der Waals surface area contributed by atoms with E-state index in [9.17, 15) is 10.2 Å². The van der Waals surface area contributed by atoms with Crippen LogP contribution in [0.1, 0.15) is 11.1 Å². The van der Waals surface area contributed by atoms with E-state index in [2.05, 4.69) is 0 Å². The molecule has 0 aliphatic carbocycles. The van der Waals surface area contributed by atoms with Crippen molar-refractivity contribution in [2.75, 3.05) is 0 Å². The minimum Gasteiger partial charge on any atom is -0.508 e. The Labute approximate surface area is 104 Å². The maximum Gasteiger partial charge on any atom is 0.119 e. The minimum absolute atomic E-state index is 0. The molecule has 0 aliphatic heterocycles. The van der Waals surface area contributed by atoms with Gasteiger partial charge in [-0.15, -0.1) is 0 Å². The first-order valence-electron chi connectivity index (χ1n) is 5.13. The SMILES string of the molecule is O.Oc1ccc(C=Cc2cc(O)cc(O)c2)cc1. The maximum absolute atomic E-state index is 9.30. The van der Waals surface area contributed by atoms with Crippen molar-refractivity contribution in [3.63, 3.8) is 0 Å². The van der Waals surface area contributed by atoms with E-state index in [1.165, 1.54) is 6.07 Å². The van der Waals surface area contributed by atoms with Crippen LogP contribution in [0.15, 0.2) is 42.5 Å². The van der Waals surface area contributed by atoms with Crippen LogP contribution in [0.4, 0.5) is 0 Å². The summed E-state index contributed by atoms with van der Waals surface area (Å²) in [6, 6.07) is 11.1. The molecule has 4 nitrogen and oxygen atoms in total. The van der Waals surface area contributed by atoms with Gasteiger partial charge in [0.2, 0.25) is 0 Å². The summed E-state index contributed by atoms with van der Waals surface area (Å²) >= 11 is 0. The number of benzene rings is 2. The highest BCUT2D eigenvalue weighted by molar-refractivity contribution is 5.71. The monoisotopic (exact) mass is 246 g/mol. The van der Waals surface area contributed by atoms with E-state index >= 15 is 0 Å². The second kappa shape index (κ2) is 5.75. The summed E-state index contributed by atoms with van der Waals surface area (Å²) in [4.78, 5) is 0. The molecule has 18 heavy (non-hydrogen) atoms. The van der Waals surface area contributed by atoms with Crippen LogP contribution in [0, 0.1) is 0 Å². The topological polar surface area (TPSA) is 92.2 Å². The predicted octanol–water partition coefficient (Wildman–Crippen LogP) is 2.15. The molecular formula is C14H14O4. The lowest BCUT2D eigenvalue weighted by Gasteiger charge is -1.98. The first-order chi connectivity index (χ1) is 8.13. The van der Waals surface area contributed by atoms with Gasteiger partial charge in [-0.3, -0.25) is 0 Å². The summed E-state index contributed by atoms with van der Waals surface area (Å²) in [6.45, 7) is 0. The number of phenols is 3. The first kappa shape index (κ1) is 13.6. The third kappa shape index (κ3) is 3.54. The summed E-state index contributed by atoms with van der Waals surface area (Å²) in [5.41, 5.74) is 1.63. The fraction of sp³-hybridized carbons (Fsp3) is 0. The molecule has 0 amide bonds. The minimum atomic E-state index is 0. The van der Waals surface area contributed by atoms with E-state index in [0.717, 1.165) is 5.56 Å². The Bertz CT molecular complexity index is 524. The molecule has 5 N–H and O–H groups in total. The smallest absolute Gasteiger partial charge is 0.119 e. The van der Waals surface area contributed by atoms with Crippen molar-refractivity contribution in [1.82, 2.24) is 0 Å². The van der Waals surface area contributed by atoms with Crippen LogP contribution >= 0.6 is 0 Å². The van der Waals surface area contributed by atoms with E-state index in [1.807, 2.05) is 6.08 Å². The molecule has 0 atom stereocenters. The molecule has 0 saturated carbocycles. The van der Waals surface area contributed by atoms with Gasteiger partial charge < -0.3 is 20.8 Å². The fourth-order valence-electron chi connectivity index (χ4n) is 1.49. The van der Waals surface area contributed by atoms with Crippen molar-refractivity contribution in [2.24, 2.45) is 0 Å². The fourth-order valence-corrected chi connectivity index (χ4v) is 1.49. The molecule has 0 fully saturated rings. The molecule has 0 bridgehead atoms. The normalized spacial score (nSPS) is 10.2.